The van der Waals surface area contributed by atoms with Crippen molar-refractivity contribution < 1.29 is 9.90 Å². The van der Waals surface area contributed by atoms with E-state index in [1.807, 2.05) is 4.90 Å². The van der Waals surface area contributed by atoms with Crippen LogP contribution in [0.4, 0.5) is 0 Å². The van der Waals surface area contributed by atoms with Gasteiger partial charge in [0.1, 0.15) is 0 Å². The third-order valence-corrected chi connectivity index (χ3v) is 3.84. The first-order valence-electron chi connectivity index (χ1n) is 5.87. The van der Waals surface area contributed by atoms with E-state index in [1.165, 1.54) is 6.42 Å². The molecule has 1 saturated carbocycles. The monoisotopic (exact) mass is 212 g/mol. The molecule has 86 valence electrons. The van der Waals surface area contributed by atoms with Crippen molar-refractivity contribution in [2.45, 2.75) is 31.7 Å². The predicted molar refractivity (Wildman–Crippen MR) is 57.1 cm³/mol. The lowest BCUT2D eigenvalue weighted by Crippen LogP contribution is -2.37. The van der Waals surface area contributed by atoms with Crippen molar-refractivity contribution in [1.29, 1.82) is 0 Å². The molecule has 0 aromatic rings. The molecule has 1 heterocycles. The SMILES string of the molecule is NC1CCN(CC2CCCC2CO)C1=O. The van der Waals surface area contributed by atoms with Gasteiger partial charge in [0.2, 0.25) is 5.91 Å². The van der Waals surface area contributed by atoms with Gasteiger partial charge in [0.15, 0.2) is 0 Å². The van der Waals surface area contributed by atoms with E-state index < -0.39 is 0 Å². The molecule has 4 heteroatoms. The molecule has 15 heavy (non-hydrogen) atoms. The third kappa shape index (κ3) is 2.16. The molecule has 2 aliphatic rings. The van der Waals surface area contributed by atoms with Crippen LogP contribution in [-0.4, -0.2) is 41.7 Å². The molecule has 1 aliphatic carbocycles. The molecule has 4 nitrogen and oxygen atoms in total. The van der Waals surface area contributed by atoms with Gasteiger partial charge in [-0.15, -0.1) is 0 Å². The van der Waals surface area contributed by atoms with Crippen LogP contribution in [0.25, 0.3) is 0 Å². The summed E-state index contributed by atoms with van der Waals surface area (Å²) in [5, 5.41) is 9.20. The summed E-state index contributed by atoms with van der Waals surface area (Å²) in [4.78, 5) is 13.5. The zero-order chi connectivity index (χ0) is 10.8. The Hall–Kier alpha value is -0.610. The van der Waals surface area contributed by atoms with E-state index in [4.69, 9.17) is 5.73 Å². The van der Waals surface area contributed by atoms with Gasteiger partial charge in [-0.1, -0.05) is 6.42 Å². The highest BCUT2D eigenvalue weighted by Gasteiger charge is 2.34. The number of likely N-dealkylation sites (tertiary alicyclic amines) is 1. The van der Waals surface area contributed by atoms with E-state index in [-0.39, 0.29) is 18.6 Å². The van der Waals surface area contributed by atoms with Gasteiger partial charge < -0.3 is 15.7 Å². The molecule has 2 rings (SSSR count). The first-order valence-corrected chi connectivity index (χ1v) is 5.87. The molecular weight excluding hydrogens is 192 g/mol. The fourth-order valence-electron chi connectivity index (χ4n) is 2.82. The summed E-state index contributed by atoms with van der Waals surface area (Å²) in [7, 11) is 0. The number of nitrogens with zero attached hydrogens (tertiary/aromatic N) is 1. The van der Waals surface area contributed by atoms with Crippen molar-refractivity contribution in [3.63, 3.8) is 0 Å². The molecule has 3 unspecified atom stereocenters. The van der Waals surface area contributed by atoms with Crippen molar-refractivity contribution in [3.05, 3.63) is 0 Å². The average molecular weight is 212 g/mol. The maximum Gasteiger partial charge on any atom is 0.239 e. The molecule has 0 spiro atoms. The van der Waals surface area contributed by atoms with Crippen LogP contribution in [0.1, 0.15) is 25.7 Å². The van der Waals surface area contributed by atoms with Gasteiger partial charge in [-0.25, -0.2) is 0 Å². The summed E-state index contributed by atoms with van der Waals surface area (Å²) < 4.78 is 0. The Balaban J connectivity index is 1.89. The molecule has 3 N–H and O–H groups in total. The lowest BCUT2D eigenvalue weighted by atomic mass is 9.96. The topological polar surface area (TPSA) is 66.6 Å². The summed E-state index contributed by atoms with van der Waals surface area (Å²) in [6, 6.07) is -0.279. The molecule has 2 fully saturated rings. The van der Waals surface area contributed by atoms with E-state index in [2.05, 4.69) is 0 Å². The number of hydrogen-bond donors (Lipinski definition) is 2. The van der Waals surface area contributed by atoms with Crippen LogP contribution >= 0.6 is 0 Å². The van der Waals surface area contributed by atoms with Gasteiger partial charge in [0, 0.05) is 19.7 Å². The zero-order valence-electron chi connectivity index (χ0n) is 9.06. The van der Waals surface area contributed by atoms with E-state index in [0.717, 1.165) is 32.4 Å². The van der Waals surface area contributed by atoms with E-state index in [0.29, 0.717) is 11.8 Å². The maximum atomic E-state index is 11.6. The minimum atomic E-state index is -0.279. The van der Waals surface area contributed by atoms with Crippen LogP contribution < -0.4 is 5.73 Å². The molecular formula is C11H20N2O2. The first kappa shape index (κ1) is 10.9. The second kappa shape index (κ2) is 4.49. The Morgan fingerprint density at radius 3 is 2.67 bits per heavy atom. The predicted octanol–water partition coefficient (Wildman–Crippen LogP) is -0.0454. The standard InChI is InChI=1S/C11H20N2O2/c12-10-4-5-13(11(10)15)6-8-2-1-3-9(8)7-14/h8-10,14H,1-7,12H2. The Morgan fingerprint density at radius 1 is 1.33 bits per heavy atom. The molecule has 0 aromatic heterocycles. The summed E-state index contributed by atoms with van der Waals surface area (Å²) in [5.41, 5.74) is 5.67. The zero-order valence-corrected chi connectivity index (χ0v) is 9.06. The number of aliphatic hydroxyl groups excluding tert-OH is 1. The molecule has 0 bridgehead atoms. The third-order valence-electron chi connectivity index (χ3n) is 3.84. The van der Waals surface area contributed by atoms with Gasteiger partial charge in [-0.2, -0.15) is 0 Å². The quantitative estimate of drug-likeness (QED) is 0.689. The Labute approximate surface area is 90.4 Å². The molecule has 0 radical (unpaired) electrons. The van der Waals surface area contributed by atoms with Crippen LogP contribution in [-0.2, 0) is 4.79 Å². The van der Waals surface area contributed by atoms with Crippen molar-refractivity contribution in [3.8, 4) is 0 Å². The Morgan fingerprint density at radius 2 is 2.07 bits per heavy atom. The number of rotatable bonds is 3. The van der Waals surface area contributed by atoms with Gasteiger partial charge in [0.05, 0.1) is 6.04 Å². The van der Waals surface area contributed by atoms with Crippen LogP contribution in [0, 0.1) is 11.8 Å². The largest absolute Gasteiger partial charge is 0.396 e. The molecule has 1 saturated heterocycles. The van der Waals surface area contributed by atoms with Crippen molar-refractivity contribution in [2.75, 3.05) is 19.7 Å². The number of amides is 1. The summed E-state index contributed by atoms with van der Waals surface area (Å²) >= 11 is 0. The highest BCUT2D eigenvalue weighted by Crippen LogP contribution is 2.32. The smallest absolute Gasteiger partial charge is 0.239 e. The van der Waals surface area contributed by atoms with Crippen LogP contribution in [0.15, 0.2) is 0 Å². The van der Waals surface area contributed by atoms with Crippen LogP contribution in [0.2, 0.25) is 0 Å². The molecule has 1 aliphatic heterocycles. The van der Waals surface area contributed by atoms with Crippen LogP contribution in [0.5, 0.6) is 0 Å². The lowest BCUT2D eigenvalue weighted by molar-refractivity contribution is -0.129. The Bertz CT molecular complexity index is 245. The highest BCUT2D eigenvalue weighted by molar-refractivity contribution is 5.83. The van der Waals surface area contributed by atoms with Gasteiger partial charge in [-0.3, -0.25) is 4.79 Å². The van der Waals surface area contributed by atoms with Crippen molar-refractivity contribution >= 4 is 5.91 Å². The maximum absolute atomic E-state index is 11.6. The van der Waals surface area contributed by atoms with Gasteiger partial charge >= 0.3 is 0 Å². The van der Waals surface area contributed by atoms with Crippen molar-refractivity contribution in [2.24, 2.45) is 17.6 Å². The highest BCUT2D eigenvalue weighted by atomic mass is 16.3. The van der Waals surface area contributed by atoms with Gasteiger partial charge in [0.25, 0.3) is 0 Å². The fraction of sp³-hybridized carbons (Fsp3) is 0.909. The number of carbonyl (C=O) groups is 1. The minimum Gasteiger partial charge on any atom is -0.396 e. The lowest BCUT2D eigenvalue weighted by Gasteiger charge is -2.24. The normalized spacial score (nSPS) is 36.5. The number of hydrogen-bond acceptors (Lipinski definition) is 3. The molecule has 3 atom stereocenters. The van der Waals surface area contributed by atoms with E-state index in [1.54, 1.807) is 0 Å². The minimum absolute atomic E-state index is 0.0959. The fourth-order valence-corrected chi connectivity index (χ4v) is 2.82. The van der Waals surface area contributed by atoms with Gasteiger partial charge in [-0.05, 0) is 31.1 Å². The van der Waals surface area contributed by atoms with Crippen molar-refractivity contribution in [1.82, 2.24) is 4.90 Å². The Kier molecular flexibility index (Phi) is 3.26. The van der Waals surface area contributed by atoms with E-state index >= 15 is 0 Å². The second-order valence-corrected chi connectivity index (χ2v) is 4.81. The summed E-state index contributed by atoms with van der Waals surface area (Å²) in [6.45, 7) is 1.87. The number of carbonyl (C=O) groups excluding carboxylic acids is 1. The molecule has 1 amide bonds. The summed E-state index contributed by atoms with van der Waals surface area (Å²) in [6.07, 6.45) is 4.22. The van der Waals surface area contributed by atoms with E-state index in [9.17, 15) is 9.90 Å². The number of aliphatic hydroxyl groups is 1. The number of nitrogens with two attached hydrogens (primary N) is 1. The second-order valence-electron chi connectivity index (χ2n) is 4.81. The molecule has 0 aromatic carbocycles. The van der Waals surface area contributed by atoms with Crippen LogP contribution in [0.3, 0.4) is 0 Å². The summed E-state index contributed by atoms with van der Waals surface area (Å²) in [5.74, 6) is 0.984. The average Bonchev–Trinajstić information content (AvgIpc) is 2.80. The first-order chi connectivity index (χ1) is 7.22.